The van der Waals surface area contributed by atoms with Crippen molar-refractivity contribution in [1.82, 2.24) is 10.6 Å². The second-order valence-electron chi connectivity index (χ2n) is 7.36. The van der Waals surface area contributed by atoms with Crippen molar-refractivity contribution in [3.05, 3.63) is 71.3 Å². The van der Waals surface area contributed by atoms with E-state index in [0.29, 0.717) is 19.0 Å². The third kappa shape index (κ3) is 3.86. The van der Waals surface area contributed by atoms with Gasteiger partial charge in [-0.3, -0.25) is 4.79 Å². The minimum atomic E-state index is -4.35. The first kappa shape index (κ1) is 18.0. The Bertz CT molecular complexity index is 804. The van der Waals surface area contributed by atoms with Crippen molar-refractivity contribution >= 4 is 5.91 Å². The predicted molar refractivity (Wildman–Crippen MR) is 96.3 cm³/mol. The van der Waals surface area contributed by atoms with Gasteiger partial charge in [-0.05, 0) is 29.7 Å². The molecule has 1 amide bonds. The Kier molecular flexibility index (Phi) is 4.68. The number of hydrogen-bond acceptors (Lipinski definition) is 2. The second-order valence-corrected chi connectivity index (χ2v) is 7.36. The quantitative estimate of drug-likeness (QED) is 0.857. The zero-order valence-electron chi connectivity index (χ0n) is 14.7. The first-order valence-corrected chi connectivity index (χ1v) is 9.16. The summed E-state index contributed by atoms with van der Waals surface area (Å²) in [5.74, 6) is -0.0395. The number of carbonyl (C=O) groups excluding carboxylic acids is 1. The topological polar surface area (TPSA) is 41.1 Å². The molecule has 2 fully saturated rings. The van der Waals surface area contributed by atoms with Crippen LogP contribution in [-0.2, 0) is 11.0 Å². The molecule has 4 atom stereocenters. The highest BCUT2D eigenvalue weighted by atomic mass is 19.4. The normalized spacial score (nSPS) is 27.4. The fourth-order valence-corrected chi connectivity index (χ4v) is 3.94. The first-order chi connectivity index (χ1) is 12.9. The maximum atomic E-state index is 12.8. The molecule has 142 valence electrons. The highest BCUT2D eigenvalue weighted by Gasteiger charge is 2.42. The molecule has 0 aromatic heterocycles. The number of amides is 1. The SMILES string of the molecule is O=C(N[C@H]1C[C@@H]1c1ccccc1)[C@@H]1CNC[C@H]1c1ccc(C(F)(F)F)cc1. The highest BCUT2D eigenvalue weighted by Crippen LogP contribution is 2.41. The van der Waals surface area contributed by atoms with Gasteiger partial charge in [-0.2, -0.15) is 13.2 Å². The lowest BCUT2D eigenvalue weighted by Crippen LogP contribution is -2.36. The number of hydrogen-bond donors (Lipinski definition) is 2. The summed E-state index contributed by atoms with van der Waals surface area (Å²) in [5.41, 5.74) is 1.33. The highest BCUT2D eigenvalue weighted by molar-refractivity contribution is 5.81. The van der Waals surface area contributed by atoms with Gasteiger partial charge in [0, 0.05) is 31.0 Å². The van der Waals surface area contributed by atoms with Gasteiger partial charge in [-0.1, -0.05) is 42.5 Å². The van der Waals surface area contributed by atoms with E-state index in [4.69, 9.17) is 0 Å². The molecule has 27 heavy (non-hydrogen) atoms. The minimum Gasteiger partial charge on any atom is -0.352 e. The van der Waals surface area contributed by atoms with Crippen LogP contribution in [0.15, 0.2) is 54.6 Å². The van der Waals surface area contributed by atoms with E-state index in [0.717, 1.165) is 24.1 Å². The van der Waals surface area contributed by atoms with Crippen LogP contribution >= 0.6 is 0 Å². The van der Waals surface area contributed by atoms with Gasteiger partial charge in [0.1, 0.15) is 0 Å². The summed E-state index contributed by atoms with van der Waals surface area (Å²) in [6.07, 6.45) is -3.41. The lowest BCUT2D eigenvalue weighted by atomic mass is 9.88. The van der Waals surface area contributed by atoms with E-state index in [-0.39, 0.29) is 23.8 Å². The lowest BCUT2D eigenvalue weighted by molar-refractivity contribution is -0.137. The van der Waals surface area contributed by atoms with Crippen LogP contribution in [0.2, 0.25) is 0 Å². The van der Waals surface area contributed by atoms with Crippen molar-refractivity contribution in [3.8, 4) is 0 Å². The third-order valence-corrected chi connectivity index (χ3v) is 5.56. The van der Waals surface area contributed by atoms with Gasteiger partial charge < -0.3 is 10.6 Å². The van der Waals surface area contributed by atoms with Crippen LogP contribution in [0.3, 0.4) is 0 Å². The summed E-state index contributed by atoms with van der Waals surface area (Å²) in [4.78, 5) is 12.8. The van der Waals surface area contributed by atoms with Crippen molar-refractivity contribution in [1.29, 1.82) is 0 Å². The molecule has 1 saturated carbocycles. The molecular weight excluding hydrogens is 353 g/mol. The number of alkyl halides is 3. The number of nitrogens with one attached hydrogen (secondary N) is 2. The fourth-order valence-electron chi connectivity index (χ4n) is 3.94. The summed E-state index contributed by atoms with van der Waals surface area (Å²) >= 11 is 0. The minimum absolute atomic E-state index is 0.0201. The van der Waals surface area contributed by atoms with Crippen LogP contribution in [0, 0.1) is 5.92 Å². The molecule has 0 bridgehead atoms. The average molecular weight is 374 g/mol. The Morgan fingerprint density at radius 3 is 2.26 bits per heavy atom. The molecule has 1 aliphatic heterocycles. The van der Waals surface area contributed by atoms with Gasteiger partial charge in [-0.25, -0.2) is 0 Å². The Labute approximate surface area is 156 Å². The standard InChI is InChI=1S/C21H21F3N2O/c22-21(23,24)15-8-6-14(7-9-15)17-11-25-12-18(17)20(27)26-19-10-16(19)13-4-2-1-3-5-13/h1-9,16-19,25H,10-12H2,(H,26,27)/t16-,17+,18-,19+/m1/s1. The largest absolute Gasteiger partial charge is 0.416 e. The zero-order chi connectivity index (χ0) is 19.0. The molecule has 4 rings (SSSR count). The lowest BCUT2D eigenvalue weighted by Gasteiger charge is -2.19. The van der Waals surface area contributed by atoms with E-state index in [2.05, 4.69) is 22.8 Å². The van der Waals surface area contributed by atoms with Gasteiger partial charge in [0.05, 0.1) is 11.5 Å². The summed E-state index contributed by atoms with van der Waals surface area (Å²) in [6, 6.07) is 15.4. The molecule has 2 aliphatic rings. The van der Waals surface area contributed by atoms with Gasteiger partial charge in [-0.15, -0.1) is 0 Å². The third-order valence-electron chi connectivity index (χ3n) is 5.56. The number of carbonyl (C=O) groups is 1. The van der Waals surface area contributed by atoms with Crippen LogP contribution < -0.4 is 10.6 Å². The first-order valence-electron chi connectivity index (χ1n) is 9.16. The van der Waals surface area contributed by atoms with Gasteiger partial charge >= 0.3 is 6.18 Å². The maximum Gasteiger partial charge on any atom is 0.416 e. The molecule has 2 N–H and O–H groups in total. The fraction of sp³-hybridized carbons (Fsp3) is 0.381. The van der Waals surface area contributed by atoms with Gasteiger partial charge in [0.2, 0.25) is 5.91 Å². The van der Waals surface area contributed by atoms with E-state index in [1.54, 1.807) is 0 Å². The summed E-state index contributed by atoms with van der Waals surface area (Å²) in [5, 5.41) is 6.32. The van der Waals surface area contributed by atoms with Crippen LogP contribution in [0.5, 0.6) is 0 Å². The number of benzene rings is 2. The molecule has 2 aromatic rings. The molecule has 0 radical (unpaired) electrons. The molecule has 6 heteroatoms. The Morgan fingerprint density at radius 2 is 1.59 bits per heavy atom. The molecule has 0 unspecified atom stereocenters. The summed E-state index contributed by atoms with van der Waals surface area (Å²) in [7, 11) is 0. The van der Waals surface area contributed by atoms with Crippen molar-refractivity contribution in [3.63, 3.8) is 0 Å². The average Bonchev–Trinajstić information content (AvgIpc) is 3.24. The molecule has 3 nitrogen and oxygen atoms in total. The molecule has 1 aliphatic carbocycles. The monoisotopic (exact) mass is 374 g/mol. The van der Waals surface area contributed by atoms with Crippen LogP contribution in [0.1, 0.15) is 34.9 Å². The van der Waals surface area contributed by atoms with Gasteiger partial charge in [0.25, 0.3) is 0 Å². The summed E-state index contributed by atoms with van der Waals surface area (Å²) in [6.45, 7) is 1.14. The molecule has 1 heterocycles. The van der Waals surface area contributed by atoms with Crippen LogP contribution in [-0.4, -0.2) is 25.0 Å². The van der Waals surface area contributed by atoms with Crippen molar-refractivity contribution in [2.45, 2.75) is 30.5 Å². The maximum absolute atomic E-state index is 12.8. The Morgan fingerprint density at radius 1 is 0.926 bits per heavy atom. The Hall–Kier alpha value is -2.34. The van der Waals surface area contributed by atoms with Crippen molar-refractivity contribution in [2.24, 2.45) is 5.92 Å². The number of rotatable bonds is 4. The van der Waals surface area contributed by atoms with E-state index < -0.39 is 11.7 Å². The predicted octanol–water partition coefficient (Wildman–Crippen LogP) is 3.68. The van der Waals surface area contributed by atoms with E-state index in [9.17, 15) is 18.0 Å². The molecule has 2 aromatic carbocycles. The van der Waals surface area contributed by atoms with Crippen molar-refractivity contribution in [2.75, 3.05) is 13.1 Å². The summed E-state index contributed by atoms with van der Waals surface area (Å²) < 4.78 is 38.3. The van der Waals surface area contributed by atoms with Crippen LogP contribution in [0.4, 0.5) is 13.2 Å². The van der Waals surface area contributed by atoms with Crippen molar-refractivity contribution < 1.29 is 18.0 Å². The molecule has 1 saturated heterocycles. The molecule has 0 spiro atoms. The zero-order valence-corrected chi connectivity index (χ0v) is 14.7. The Balaban J connectivity index is 1.40. The van der Waals surface area contributed by atoms with E-state index in [1.165, 1.54) is 17.7 Å². The smallest absolute Gasteiger partial charge is 0.352 e. The second kappa shape index (κ2) is 7.00. The van der Waals surface area contributed by atoms with Gasteiger partial charge in [0.15, 0.2) is 0 Å². The number of halogens is 3. The van der Waals surface area contributed by atoms with E-state index >= 15 is 0 Å². The molecular formula is C21H21F3N2O. The van der Waals surface area contributed by atoms with E-state index in [1.807, 2.05) is 18.2 Å². The van der Waals surface area contributed by atoms with Crippen LogP contribution in [0.25, 0.3) is 0 Å².